The zero-order valence-corrected chi connectivity index (χ0v) is 16.3. The number of carbonyl (C=O) groups excluding carboxylic acids is 3. The smallest absolute Gasteiger partial charge is 0.325 e. The van der Waals surface area contributed by atoms with Crippen LogP contribution in [0.25, 0.3) is 10.8 Å². The molecule has 7 heteroatoms. The monoisotopic (exact) mass is 405 g/mol. The third kappa shape index (κ3) is 3.50. The van der Waals surface area contributed by atoms with Crippen molar-refractivity contribution in [2.24, 2.45) is 0 Å². The van der Waals surface area contributed by atoms with Crippen LogP contribution in [0.2, 0.25) is 0 Å². The lowest BCUT2D eigenvalue weighted by molar-refractivity contribution is -0.134. The molecule has 30 heavy (non-hydrogen) atoms. The van der Waals surface area contributed by atoms with Gasteiger partial charge in [-0.2, -0.15) is 0 Å². The Balaban J connectivity index is 1.49. The Morgan fingerprint density at radius 1 is 1.03 bits per heavy atom. The van der Waals surface area contributed by atoms with Crippen LogP contribution < -0.4 is 10.6 Å². The van der Waals surface area contributed by atoms with Gasteiger partial charge in [-0.3, -0.25) is 14.5 Å². The fraction of sp³-hybridized carbons (Fsp3) is 0.174. The van der Waals surface area contributed by atoms with E-state index in [1.165, 1.54) is 6.07 Å². The SMILES string of the molecule is CC1(c2ccc3ccccc3c2)NC(=O)N(CC(=O)NCc2ccccc2F)C1=O. The van der Waals surface area contributed by atoms with E-state index in [1.54, 1.807) is 31.2 Å². The molecule has 0 bridgehead atoms. The van der Waals surface area contributed by atoms with Crippen molar-refractivity contribution >= 4 is 28.6 Å². The molecule has 4 rings (SSSR count). The van der Waals surface area contributed by atoms with E-state index >= 15 is 0 Å². The number of amides is 4. The molecule has 3 aromatic carbocycles. The quantitative estimate of drug-likeness (QED) is 0.641. The van der Waals surface area contributed by atoms with Crippen molar-refractivity contribution in [3.8, 4) is 0 Å². The highest BCUT2D eigenvalue weighted by Gasteiger charge is 2.49. The number of carbonyl (C=O) groups is 3. The van der Waals surface area contributed by atoms with E-state index in [4.69, 9.17) is 0 Å². The minimum atomic E-state index is -1.27. The van der Waals surface area contributed by atoms with Crippen molar-refractivity contribution in [2.45, 2.75) is 19.0 Å². The molecule has 152 valence electrons. The van der Waals surface area contributed by atoms with Gasteiger partial charge in [0.2, 0.25) is 5.91 Å². The Hall–Kier alpha value is -3.74. The molecular weight excluding hydrogens is 385 g/mol. The van der Waals surface area contributed by atoms with Gasteiger partial charge >= 0.3 is 6.03 Å². The van der Waals surface area contributed by atoms with Crippen LogP contribution in [-0.2, 0) is 21.7 Å². The number of fused-ring (bicyclic) bond motifs is 1. The summed E-state index contributed by atoms with van der Waals surface area (Å²) >= 11 is 0. The van der Waals surface area contributed by atoms with Crippen LogP contribution in [0.4, 0.5) is 9.18 Å². The summed E-state index contributed by atoms with van der Waals surface area (Å²) < 4.78 is 13.7. The van der Waals surface area contributed by atoms with Gasteiger partial charge in [0, 0.05) is 12.1 Å². The Kier molecular flexibility index (Phi) is 4.95. The van der Waals surface area contributed by atoms with Crippen LogP contribution in [0.15, 0.2) is 66.7 Å². The molecule has 1 aliphatic heterocycles. The van der Waals surface area contributed by atoms with E-state index in [2.05, 4.69) is 10.6 Å². The summed E-state index contributed by atoms with van der Waals surface area (Å²) in [6.07, 6.45) is 0. The molecule has 1 heterocycles. The maximum absolute atomic E-state index is 13.7. The number of urea groups is 1. The molecule has 0 aromatic heterocycles. The van der Waals surface area contributed by atoms with Gasteiger partial charge in [0.1, 0.15) is 17.9 Å². The largest absolute Gasteiger partial charge is 0.350 e. The third-order valence-electron chi connectivity index (χ3n) is 5.34. The minimum Gasteiger partial charge on any atom is -0.350 e. The molecule has 0 spiro atoms. The van der Waals surface area contributed by atoms with E-state index in [-0.39, 0.29) is 6.54 Å². The second-order valence-electron chi connectivity index (χ2n) is 7.38. The summed E-state index contributed by atoms with van der Waals surface area (Å²) in [7, 11) is 0. The summed E-state index contributed by atoms with van der Waals surface area (Å²) in [4.78, 5) is 38.7. The standard InChI is InChI=1S/C23H20FN3O3/c1-23(18-11-10-15-6-2-3-7-16(15)12-18)21(29)27(22(30)26-23)14-20(28)25-13-17-8-4-5-9-19(17)24/h2-12H,13-14H2,1H3,(H,25,28)(H,26,30). The van der Waals surface area contributed by atoms with E-state index in [0.717, 1.165) is 15.7 Å². The maximum atomic E-state index is 13.7. The first-order valence-electron chi connectivity index (χ1n) is 9.52. The zero-order valence-electron chi connectivity index (χ0n) is 16.3. The Morgan fingerprint density at radius 2 is 1.73 bits per heavy atom. The molecule has 0 aliphatic carbocycles. The van der Waals surface area contributed by atoms with Gasteiger partial charge < -0.3 is 10.6 Å². The summed E-state index contributed by atoms with van der Waals surface area (Å²) in [6.45, 7) is 1.15. The number of benzene rings is 3. The van der Waals surface area contributed by atoms with Gasteiger partial charge in [0.15, 0.2) is 0 Å². The first kappa shape index (κ1) is 19.6. The second-order valence-corrected chi connectivity index (χ2v) is 7.38. The third-order valence-corrected chi connectivity index (χ3v) is 5.34. The van der Waals surface area contributed by atoms with Gasteiger partial charge in [0.25, 0.3) is 5.91 Å². The molecule has 1 atom stereocenters. The van der Waals surface area contributed by atoms with Crippen LogP contribution in [0.5, 0.6) is 0 Å². The number of rotatable bonds is 5. The highest BCUT2D eigenvalue weighted by molar-refractivity contribution is 6.09. The van der Waals surface area contributed by atoms with Crippen molar-refractivity contribution in [1.82, 2.24) is 15.5 Å². The summed E-state index contributed by atoms with van der Waals surface area (Å²) in [5.41, 5.74) is -0.315. The highest BCUT2D eigenvalue weighted by atomic mass is 19.1. The van der Waals surface area contributed by atoms with Crippen molar-refractivity contribution in [1.29, 1.82) is 0 Å². The van der Waals surface area contributed by atoms with E-state index < -0.39 is 35.7 Å². The average Bonchev–Trinajstić information content (AvgIpc) is 2.96. The molecule has 1 aliphatic rings. The predicted octanol–water partition coefficient (Wildman–Crippen LogP) is 3.06. The molecular formula is C23H20FN3O3. The second kappa shape index (κ2) is 7.59. The molecule has 1 unspecified atom stereocenters. The fourth-order valence-corrected chi connectivity index (χ4v) is 3.57. The predicted molar refractivity (Wildman–Crippen MR) is 110 cm³/mol. The Labute approximate surface area is 172 Å². The van der Waals surface area contributed by atoms with Crippen LogP contribution >= 0.6 is 0 Å². The molecule has 6 nitrogen and oxygen atoms in total. The normalized spacial score (nSPS) is 18.5. The molecule has 1 saturated heterocycles. The molecule has 3 aromatic rings. The van der Waals surface area contributed by atoms with E-state index in [9.17, 15) is 18.8 Å². The molecule has 2 N–H and O–H groups in total. The van der Waals surface area contributed by atoms with Crippen molar-refractivity contribution in [3.63, 3.8) is 0 Å². The van der Waals surface area contributed by atoms with Crippen LogP contribution in [0.3, 0.4) is 0 Å². The van der Waals surface area contributed by atoms with Gasteiger partial charge in [-0.25, -0.2) is 9.18 Å². The summed E-state index contributed by atoms with van der Waals surface area (Å²) in [5, 5.41) is 7.21. The fourth-order valence-electron chi connectivity index (χ4n) is 3.57. The highest BCUT2D eigenvalue weighted by Crippen LogP contribution is 2.30. The van der Waals surface area contributed by atoms with Gasteiger partial charge in [-0.1, -0.05) is 54.6 Å². The van der Waals surface area contributed by atoms with Crippen molar-refractivity contribution in [3.05, 3.63) is 83.7 Å². The Morgan fingerprint density at radius 3 is 2.50 bits per heavy atom. The van der Waals surface area contributed by atoms with Gasteiger partial charge in [-0.05, 0) is 35.4 Å². The lowest BCUT2D eigenvalue weighted by Gasteiger charge is -2.22. The number of nitrogens with one attached hydrogen (secondary N) is 2. The number of hydrogen-bond acceptors (Lipinski definition) is 3. The maximum Gasteiger partial charge on any atom is 0.325 e. The lowest BCUT2D eigenvalue weighted by Crippen LogP contribution is -2.43. The molecule has 0 radical (unpaired) electrons. The number of nitrogens with zero attached hydrogens (tertiary/aromatic N) is 1. The lowest BCUT2D eigenvalue weighted by atomic mass is 9.90. The summed E-state index contributed by atoms with van der Waals surface area (Å²) in [6, 6.07) is 18.7. The first-order chi connectivity index (χ1) is 14.4. The first-order valence-corrected chi connectivity index (χ1v) is 9.52. The number of imide groups is 1. The zero-order chi connectivity index (χ0) is 21.3. The van der Waals surface area contributed by atoms with Crippen LogP contribution in [0.1, 0.15) is 18.1 Å². The molecule has 0 saturated carbocycles. The Bertz CT molecular complexity index is 1160. The van der Waals surface area contributed by atoms with Gasteiger partial charge in [-0.15, -0.1) is 0 Å². The molecule has 4 amide bonds. The summed E-state index contributed by atoms with van der Waals surface area (Å²) in [5.74, 6) is -1.50. The average molecular weight is 405 g/mol. The topological polar surface area (TPSA) is 78.5 Å². The van der Waals surface area contributed by atoms with E-state index in [1.807, 2.05) is 36.4 Å². The number of hydrogen-bond donors (Lipinski definition) is 2. The minimum absolute atomic E-state index is 0.0307. The van der Waals surface area contributed by atoms with Crippen LogP contribution in [-0.4, -0.2) is 29.3 Å². The van der Waals surface area contributed by atoms with Crippen molar-refractivity contribution < 1.29 is 18.8 Å². The van der Waals surface area contributed by atoms with Crippen molar-refractivity contribution in [2.75, 3.05) is 6.54 Å². The van der Waals surface area contributed by atoms with E-state index in [0.29, 0.717) is 11.1 Å². The number of halogens is 1. The van der Waals surface area contributed by atoms with Crippen LogP contribution in [0, 0.1) is 5.82 Å². The van der Waals surface area contributed by atoms with Gasteiger partial charge in [0.05, 0.1) is 0 Å². The molecule has 1 fully saturated rings.